The van der Waals surface area contributed by atoms with Crippen LogP contribution in [0.2, 0.25) is 0 Å². The standard InChI is InChI=1S/C20H20O3/c1-22-19-14-9-5-6-10-15(14)20(23-2)18-16(21)11-12-7-3-4-8-13(12)17(18)19/h5-6,9-11,21H,3-4,7-8H2,1-2H3. The fourth-order valence-electron chi connectivity index (χ4n) is 3.94. The number of phenolic OH excluding ortho intramolecular Hbond substituents is 1. The van der Waals surface area contributed by atoms with Crippen molar-refractivity contribution in [2.75, 3.05) is 14.2 Å². The van der Waals surface area contributed by atoms with Crippen molar-refractivity contribution in [3.63, 3.8) is 0 Å². The molecule has 3 heteroatoms. The van der Waals surface area contributed by atoms with Crippen LogP contribution in [-0.2, 0) is 12.8 Å². The molecule has 3 aromatic rings. The molecule has 0 bridgehead atoms. The fourth-order valence-corrected chi connectivity index (χ4v) is 3.94. The zero-order chi connectivity index (χ0) is 16.0. The summed E-state index contributed by atoms with van der Waals surface area (Å²) in [6.07, 6.45) is 4.37. The Balaban J connectivity index is 2.29. The van der Waals surface area contributed by atoms with E-state index in [4.69, 9.17) is 9.47 Å². The predicted octanol–water partition coefficient (Wildman–Crippen LogP) is 4.59. The third kappa shape index (κ3) is 1.96. The summed E-state index contributed by atoms with van der Waals surface area (Å²) in [6, 6.07) is 9.95. The molecule has 1 aliphatic carbocycles. The highest BCUT2D eigenvalue weighted by molar-refractivity contribution is 6.14. The number of hydrogen-bond donors (Lipinski definition) is 1. The van der Waals surface area contributed by atoms with Crippen molar-refractivity contribution in [1.82, 2.24) is 0 Å². The van der Waals surface area contributed by atoms with E-state index in [0.717, 1.165) is 45.9 Å². The lowest BCUT2D eigenvalue weighted by atomic mass is 9.85. The van der Waals surface area contributed by atoms with Gasteiger partial charge in [0.25, 0.3) is 0 Å². The van der Waals surface area contributed by atoms with Crippen LogP contribution in [0, 0.1) is 0 Å². The Hall–Kier alpha value is -2.42. The molecule has 0 spiro atoms. The lowest BCUT2D eigenvalue weighted by molar-refractivity contribution is 0.414. The highest BCUT2D eigenvalue weighted by Gasteiger charge is 2.24. The van der Waals surface area contributed by atoms with Crippen LogP contribution >= 0.6 is 0 Å². The summed E-state index contributed by atoms with van der Waals surface area (Å²) < 4.78 is 11.5. The van der Waals surface area contributed by atoms with Crippen LogP contribution in [0.15, 0.2) is 30.3 Å². The van der Waals surface area contributed by atoms with Crippen LogP contribution in [-0.4, -0.2) is 19.3 Å². The van der Waals surface area contributed by atoms with Crippen molar-refractivity contribution in [1.29, 1.82) is 0 Å². The Kier molecular flexibility index (Phi) is 3.29. The number of rotatable bonds is 2. The molecule has 1 N–H and O–H groups in total. The van der Waals surface area contributed by atoms with Gasteiger partial charge >= 0.3 is 0 Å². The van der Waals surface area contributed by atoms with Gasteiger partial charge in [-0.2, -0.15) is 0 Å². The molecule has 0 heterocycles. The van der Waals surface area contributed by atoms with Gasteiger partial charge in [0.05, 0.1) is 19.6 Å². The van der Waals surface area contributed by atoms with Crippen molar-refractivity contribution in [3.05, 3.63) is 41.5 Å². The minimum absolute atomic E-state index is 0.279. The van der Waals surface area contributed by atoms with Crippen molar-refractivity contribution in [2.45, 2.75) is 25.7 Å². The second-order valence-electron chi connectivity index (χ2n) is 6.10. The third-order valence-electron chi connectivity index (χ3n) is 4.91. The van der Waals surface area contributed by atoms with Gasteiger partial charge in [0.15, 0.2) is 0 Å². The van der Waals surface area contributed by atoms with Crippen molar-refractivity contribution < 1.29 is 14.6 Å². The Labute approximate surface area is 135 Å². The molecule has 1 aliphatic rings. The zero-order valence-corrected chi connectivity index (χ0v) is 13.5. The minimum atomic E-state index is 0.279. The minimum Gasteiger partial charge on any atom is -0.507 e. The molecule has 0 fully saturated rings. The molecule has 0 radical (unpaired) electrons. The van der Waals surface area contributed by atoms with E-state index in [-0.39, 0.29) is 5.75 Å². The molecule has 0 aliphatic heterocycles. The van der Waals surface area contributed by atoms with E-state index in [2.05, 4.69) is 6.07 Å². The van der Waals surface area contributed by atoms with Gasteiger partial charge < -0.3 is 14.6 Å². The summed E-state index contributed by atoms with van der Waals surface area (Å²) >= 11 is 0. The van der Waals surface area contributed by atoms with E-state index in [1.54, 1.807) is 14.2 Å². The first-order valence-electron chi connectivity index (χ1n) is 8.06. The molecule has 4 rings (SSSR count). The summed E-state index contributed by atoms with van der Waals surface area (Å²) in [6.45, 7) is 0. The maximum absolute atomic E-state index is 10.7. The SMILES string of the molecule is COc1c2ccccc2c(OC)c2c3c(cc(O)c12)CCCC3. The molecule has 118 valence electrons. The molecule has 0 amide bonds. The van der Waals surface area contributed by atoms with Crippen molar-refractivity contribution in [3.8, 4) is 17.2 Å². The van der Waals surface area contributed by atoms with Crippen LogP contribution in [0.1, 0.15) is 24.0 Å². The van der Waals surface area contributed by atoms with Gasteiger partial charge in [-0.25, -0.2) is 0 Å². The van der Waals surface area contributed by atoms with Gasteiger partial charge in [-0.15, -0.1) is 0 Å². The largest absolute Gasteiger partial charge is 0.507 e. The number of hydrogen-bond acceptors (Lipinski definition) is 3. The lowest BCUT2D eigenvalue weighted by Crippen LogP contribution is -2.05. The summed E-state index contributed by atoms with van der Waals surface area (Å²) in [4.78, 5) is 0. The molecule has 0 saturated carbocycles. The van der Waals surface area contributed by atoms with E-state index in [1.807, 2.05) is 24.3 Å². The van der Waals surface area contributed by atoms with E-state index in [9.17, 15) is 5.11 Å². The van der Waals surface area contributed by atoms with Gasteiger partial charge in [0.1, 0.15) is 17.2 Å². The first kappa shape index (κ1) is 14.2. The first-order valence-corrected chi connectivity index (χ1v) is 8.06. The van der Waals surface area contributed by atoms with Crippen LogP contribution < -0.4 is 9.47 Å². The Morgan fingerprint density at radius 1 is 0.870 bits per heavy atom. The average Bonchev–Trinajstić information content (AvgIpc) is 2.59. The number of benzene rings is 3. The first-order chi connectivity index (χ1) is 11.3. The maximum Gasteiger partial charge on any atom is 0.138 e. The fraction of sp³-hybridized carbons (Fsp3) is 0.300. The van der Waals surface area contributed by atoms with Gasteiger partial charge in [-0.1, -0.05) is 24.3 Å². The molecular weight excluding hydrogens is 288 g/mol. The zero-order valence-electron chi connectivity index (χ0n) is 13.5. The van der Waals surface area contributed by atoms with E-state index >= 15 is 0 Å². The molecule has 0 saturated heterocycles. The van der Waals surface area contributed by atoms with Crippen LogP contribution in [0.4, 0.5) is 0 Å². The van der Waals surface area contributed by atoms with Gasteiger partial charge in [0.2, 0.25) is 0 Å². The number of methoxy groups -OCH3 is 2. The number of aryl methyl sites for hydroxylation is 2. The Bertz CT molecular complexity index is 912. The smallest absolute Gasteiger partial charge is 0.138 e. The van der Waals surface area contributed by atoms with Crippen LogP contribution in [0.25, 0.3) is 21.5 Å². The van der Waals surface area contributed by atoms with E-state index in [1.165, 1.54) is 24.0 Å². The number of ether oxygens (including phenoxy) is 2. The second-order valence-corrected chi connectivity index (χ2v) is 6.10. The van der Waals surface area contributed by atoms with Crippen LogP contribution in [0.3, 0.4) is 0 Å². The normalized spacial score (nSPS) is 14.0. The van der Waals surface area contributed by atoms with Gasteiger partial charge in [-0.3, -0.25) is 0 Å². The van der Waals surface area contributed by atoms with E-state index < -0.39 is 0 Å². The Morgan fingerprint density at radius 2 is 1.48 bits per heavy atom. The molecule has 23 heavy (non-hydrogen) atoms. The summed E-state index contributed by atoms with van der Waals surface area (Å²) in [5.74, 6) is 1.84. The van der Waals surface area contributed by atoms with Crippen molar-refractivity contribution >= 4 is 21.5 Å². The molecule has 3 nitrogen and oxygen atoms in total. The average molecular weight is 308 g/mol. The summed E-state index contributed by atoms with van der Waals surface area (Å²) in [5, 5.41) is 14.5. The molecule has 0 atom stereocenters. The van der Waals surface area contributed by atoms with Gasteiger partial charge in [-0.05, 0) is 42.9 Å². The quantitative estimate of drug-likeness (QED) is 0.703. The molecule has 0 unspecified atom stereocenters. The molecular formula is C20H20O3. The summed E-state index contributed by atoms with van der Waals surface area (Å²) in [5.41, 5.74) is 2.53. The molecule has 3 aromatic carbocycles. The second kappa shape index (κ2) is 5.34. The lowest BCUT2D eigenvalue weighted by Gasteiger charge is -2.23. The number of phenols is 1. The van der Waals surface area contributed by atoms with Gasteiger partial charge in [0, 0.05) is 16.2 Å². The third-order valence-corrected chi connectivity index (χ3v) is 4.91. The highest BCUT2D eigenvalue weighted by Crippen LogP contribution is 2.49. The van der Waals surface area contributed by atoms with E-state index in [0.29, 0.717) is 0 Å². The summed E-state index contributed by atoms with van der Waals surface area (Å²) in [7, 11) is 3.36. The van der Waals surface area contributed by atoms with Crippen molar-refractivity contribution in [2.24, 2.45) is 0 Å². The topological polar surface area (TPSA) is 38.7 Å². The number of fused-ring (bicyclic) bond motifs is 4. The van der Waals surface area contributed by atoms with Crippen LogP contribution in [0.5, 0.6) is 17.2 Å². The Morgan fingerprint density at radius 3 is 2.13 bits per heavy atom. The number of aromatic hydroxyl groups is 1. The maximum atomic E-state index is 10.7. The molecule has 0 aromatic heterocycles. The predicted molar refractivity (Wildman–Crippen MR) is 92.9 cm³/mol. The monoisotopic (exact) mass is 308 g/mol. The highest BCUT2D eigenvalue weighted by atomic mass is 16.5.